The fourth-order valence-electron chi connectivity index (χ4n) is 3.15. The summed E-state index contributed by atoms with van der Waals surface area (Å²) in [6, 6.07) is 10.6. The number of amides is 1. The molecule has 29 heavy (non-hydrogen) atoms. The van der Waals surface area contributed by atoms with Crippen molar-refractivity contribution in [3.63, 3.8) is 0 Å². The molecule has 0 radical (unpaired) electrons. The van der Waals surface area contributed by atoms with Crippen LogP contribution in [0.3, 0.4) is 0 Å². The molecule has 0 bridgehead atoms. The molecule has 4 rings (SSSR count). The van der Waals surface area contributed by atoms with Gasteiger partial charge < -0.3 is 14.8 Å². The molecule has 3 aromatic rings. The number of fused-ring (bicyclic) bond motifs is 1. The van der Waals surface area contributed by atoms with Crippen LogP contribution in [0.4, 0.5) is 8.78 Å². The molecule has 2 aromatic carbocycles. The van der Waals surface area contributed by atoms with Crippen molar-refractivity contribution < 1.29 is 23.0 Å². The van der Waals surface area contributed by atoms with Crippen molar-refractivity contribution in [3.05, 3.63) is 76.6 Å². The van der Waals surface area contributed by atoms with Crippen LogP contribution >= 0.6 is 0 Å². The molecule has 1 aliphatic rings. The van der Waals surface area contributed by atoms with Gasteiger partial charge in [-0.3, -0.25) is 4.79 Å². The van der Waals surface area contributed by atoms with Crippen molar-refractivity contribution in [2.45, 2.75) is 25.8 Å². The Bertz CT molecular complexity index is 1040. The fraction of sp³-hybridized carbons (Fsp3) is 0.250. The van der Waals surface area contributed by atoms with Gasteiger partial charge in [0.15, 0.2) is 5.69 Å². The number of benzene rings is 2. The highest BCUT2D eigenvalue weighted by Gasteiger charge is 2.27. The number of carbonyl (C=O) groups is 1. The molecule has 1 unspecified atom stereocenters. The molecule has 0 aliphatic carbocycles. The lowest BCUT2D eigenvalue weighted by molar-refractivity contribution is -0.00179. The van der Waals surface area contributed by atoms with Crippen LogP contribution in [0.2, 0.25) is 0 Å². The van der Waals surface area contributed by atoms with E-state index < -0.39 is 17.5 Å². The lowest BCUT2D eigenvalue weighted by Gasteiger charge is -2.24. The third-order valence-corrected chi connectivity index (χ3v) is 4.75. The lowest BCUT2D eigenvalue weighted by atomic mass is 10.1. The van der Waals surface area contributed by atoms with Gasteiger partial charge in [0.25, 0.3) is 5.91 Å². The van der Waals surface area contributed by atoms with Crippen molar-refractivity contribution in [3.8, 4) is 5.75 Å². The van der Waals surface area contributed by atoms with Gasteiger partial charge >= 0.3 is 0 Å². The van der Waals surface area contributed by atoms with Crippen LogP contribution in [-0.4, -0.2) is 28.0 Å². The summed E-state index contributed by atoms with van der Waals surface area (Å²) in [7, 11) is 1.60. The first-order chi connectivity index (χ1) is 14.0. The van der Waals surface area contributed by atoms with Gasteiger partial charge in [-0.25, -0.2) is 13.5 Å². The smallest absolute Gasteiger partial charge is 0.274 e. The van der Waals surface area contributed by atoms with E-state index in [0.29, 0.717) is 12.2 Å². The van der Waals surface area contributed by atoms with Crippen molar-refractivity contribution in [1.82, 2.24) is 20.3 Å². The number of hydrogen-bond acceptors (Lipinski definition) is 5. The van der Waals surface area contributed by atoms with E-state index in [4.69, 9.17) is 9.47 Å². The highest BCUT2D eigenvalue weighted by Crippen LogP contribution is 2.28. The van der Waals surface area contributed by atoms with E-state index in [1.165, 1.54) is 0 Å². The normalized spacial score (nSPS) is 15.6. The highest BCUT2D eigenvalue weighted by molar-refractivity contribution is 5.93. The number of rotatable bonds is 5. The summed E-state index contributed by atoms with van der Waals surface area (Å²) in [4.78, 5) is 12.5. The van der Waals surface area contributed by atoms with Crippen molar-refractivity contribution >= 4 is 5.91 Å². The van der Waals surface area contributed by atoms with E-state index in [1.807, 2.05) is 24.3 Å². The lowest BCUT2D eigenvalue weighted by Crippen LogP contribution is -2.27. The van der Waals surface area contributed by atoms with Crippen LogP contribution in [0.15, 0.2) is 42.5 Å². The van der Waals surface area contributed by atoms with E-state index in [-0.39, 0.29) is 30.5 Å². The third-order valence-electron chi connectivity index (χ3n) is 4.75. The van der Waals surface area contributed by atoms with Crippen LogP contribution in [0, 0.1) is 11.6 Å². The molecule has 0 spiro atoms. The maximum atomic E-state index is 13.7. The minimum Gasteiger partial charge on any atom is -0.497 e. The monoisotopic (exact) mass is 400 g/mol. The van der Waals surface area contributed by atoms with Gasteiger partial charge in [0.1, 0.15) is 23.5 Å². The first-order valence-electron chi connectivity index (χ1n) is 8.95. The second-order valence-electron chi connectivity index (χ2n) is 6.56. The summed E-state index contributed by atoms with van der Waals surface area (Å²) in [6.45, 7) is 0.394. The highest BCUT2D eigenvalue weighted by atomic mass is 19.1. The Balaban J connectivity index is 1.44. The largest absolute Gasteiger partial charge is 0.497 e. The number of nitrogens with zero attached hydrogens (tertiary/aromatic N) is 3. The van der Waals surface area contributed by atoms with E-state index in [0.717, 1.165) is 29.5 Å². The zero-order valence-corrected chi connectivity index (χ0v) is 15.6. The average Bonchev–Trinajstić information content (AvgIpc) is 3.17. The predicted octanol–water partition coefficient (Wildman–Crippen LogP) is 2.77. The number of nitrogens with one attached hydrogen (secondary N) is 1. The Morgan fingerprint density at radius 3 is 2.83 bits per heavy atom. The molecule has 0 saturated heterocycles. The maximum absolute atomic E-state index is 13.7. The van der Waals surface area contributed by atoms with Crippen LogP contribution < -0.4 is 10.1 Å². The van der Waals surface area contributed by atoms with Gasteiger partial charge in [-0.2, -0.15) is 0 Å². The molecular weight excluding hydrogens is 382 g/mol. The molecule has 0 saturated carbocycles. The molecule has 1 aromatic heterocycles. The van der Waals surface area contributed by atoms with Gasteiger partial charge in [0.2, 0.25) is 0 Å². The van der Waals surface area contributed by atoms with Gasteiger partial charge in [-0.1, -0.05) is 17.3 Å². The summed E-state index contributed by atoms with van der Waals surface area (Å²) in [5.41, 5.74) is 1.65. The predicted molar refractivity (Wildman–Crippen MR) is 98.1 cm³/mol. The van der Waals surface area contributed by atoms with E-state index >= 15 is 0 Å². The van der Waals surface area contributed by atoms with E-state index in [2.05, 4.69) is 15.6 Å². The molecule has 2 heterocycles. The molecule has 9 heteroatoms. The minimum absolute atomic E-state index is 0.0511. The molecule has 150 valence electrons. The second-order valence-corrected chi connectivity index (χ2v) is 6.56. The van der Waals surface area contributed by atoms with E-state index in [1.54, 1.807) is 11.8 Å². The van der Waals surface area contributed by atoms with Gasteiger partial charge in [0, 0.05) is 12.1 Å². The van der Waals surface area contributed by atoms with Crippen molar-refractivity contribution in [2.75, 3.05) is 7.11 Å². The molecule has 7 nitrogen and oxygen atoms in total. The van der Waals surface area contributed by atoms with Gasteiger partial charge in [-0.15, -0.1) is 5.10 Å². The molecule has 1 atom stereocenters. The van der Waals surface area contributed by atoms with Crippen LogP contribution in [0.25, 0.3) is 0 Å². The number of carbonyl (C=O) groups excluding carboxylic acids is 1. The zero-order chi connectivity index (χ0) is 20.4. The first kappa shape index (κ1) is 19.0. The van der Waals surface area contributed by atoms with Gasteiger partial charge in [-0.05, 0) is 35.9 Å². The Kier molecular flexibility index (Phi) is 5.22. The number of halogens is 2. The number of aromatic nitrogens is 3. The number of ether oxygens (including phenoxy) is 2. The summed E-state index contributed by atoms with van der Waals surface area (Å²) in [6.07, 6.45) is -0.229. The molecule has 1 aliphatic heterocycles. The van der Waals surface area contributed by atoms with E-state index in [9.17, 15) is 13.6 Å². The van der Waals surface area contributed by atoms with Crippen LogP contribution in [0.5, 0.6) is 5.75 Å². The molecule has 1 amide bonds. The number of hydrogen-bond donors (Lipinski definition) is 1. The maximum Gasteiger partial charge on any atom is 0.274 e. The number of methoxy groups -OCH3 is 1. The second kappa shape index (κ2) is 7.96. The SMILES string of the molecule is COc1ccc(C2Cn3nnc(C(=O)NCc4cc(F)ccc4F)c3CO2)cc1. The van der Waals surface area contributed by atoms with Gasteiger partial charge in [0.05, 0.1) is 26.0 Å². The summed E-state index contributed by atoms with van der Waals surface area (Å²) in [5, 5.41) is 10.5. The Morgan fingerprint density at radius 2 is 2.07 bits per heavy atom. The Morgan fingerprint density at radius 1 is 1.28 bits per heavy atom. The van der Waals surface area contributed by atoms with Crippen LogP contribution in [-0.2, 0) is 24.4 Å². The molecule has 1 N–H and O–H groups in total. The Labute approximate surface area is 165 Å². The Hall–Kier alpha value is -3.33. The standard InChI is InChI=1S/C20H18F2N4O3/c1-28-15-5-2-12(3-6-15)18-10-26-17(11-29-18)19(24-25-26)20(27)23-9-13-8-14(21)4-7-16(13)22/h2-8,18H,9-11H2,1H3,(H,23,27). The van der Waals surface area contributed by atoms with Crippen LogP contribution in [0.1, 0.15) is 33.4 Å². The topological polar surface area (TPSA) is 78.3 Å². The molecule has 0 fully saturated rings. The average molecular weight is 400 g/mol. The first-order valence-corrected chi connectivity index (χ1v) is 8.95. The summed E-state index contributed by atoms with van der Waals surface area (Å²) >= 11 is 0. The quantitative estimate of drug-likeness (QED) is 0.713. The van der Waals surface area contributed by atoms with Crippen molar-refractivity contribution in [1.29, 1.82) is 0 Å². The summed E-state index contributed by atoms with van der Waals surface area (Å²) < 4.78 is 39.6. The zero-order valence-electron chi connectivity index (χ0n) is 15.6. The summed E-state index contributed by atoms with van der Waals surface area (Å²) in [5.74, 6) is -0.946. The molecular formula is C20H18F2N4O3. The van der Waals surface area contributed by atoms with Crippen molar-refractivity contribution in [2.24, 2.45) is 0 Å². The third kappa shape index (κ3) is 3.95. The minimum atomic E-state index is -0.595. The fourth-order valence-corrected chi connectivity index (χ4v) is 3.15.